The first kappa shape index (κ1) is 4.00. The van der Waals surface area contributed by atoms with Gasteiger partial charge in [0.1, 0.15) is 18.1 Å². The Kier molecular flexibility index (Phi) is 0.868. The molecule has 3 heteroatoms. The molecule has 1 aliphatic rings. The van der Waals surface area contributed by atoms with Gasteiger partial charge in [-0.2, -0.15) is 5.26 Å². The lowest BCUT2D eigenvalue weighted by Crippen LogP contribution is -1.91. The summed E-state index contributed by atoms with van der Waals surface area (Å²) in [6.45, 7) is 0.469. The first-order valence-corrected chi connectivity index (χ1v) is 1.88. The Labute approximate surface area is 41.0 Å². The van der Waals surface area contributed by atoms with E-state index in [2.05, 4.69) is 9.98 Å². The molecule has 1 rings (SSSR count). The highest BCUT2D eigenvalue weighted by Gasteiger charge is 1.96. The van der Waals surface area contributed by atoms with Crippen LogP contribution in [0, 0.1) is 11.3 Å². The Hall–Kier alpha value is -1.17. The van der Waals surface area contributed by atoms with E-state index in [1.807, 2.05) is 6.07 Å². The van der Waals surface area contributed by atoms with E-state index < -0.39 is 0 Å². The molecule has 0 spiro atoms. The lowest BCUT2D eigenvalue weighted by molar-refractivity contribution is 1.36. The molecule has 0 bridgehead atoms. The molecule has 3 nitrogen and oxygen atoms in total. The molecule has 0 saturated carbocycles. The monoisotopic (exact) mass is 93.0 g/mol. The maximum absolute atomic E-state index is 8.11. The molecule has 1 aliphatic heterocycles. The largest absolute Gasteiger partial charge is 0.266 e. The summed E-state index contributed by atoms with van der Waals surface area (Å²) in [5.74, 6) is 0. The van der Waals surface area contributed by atoms with Gasteiger partial charge < -0.3 is 0 Å². The summed E-state index contributed by atoms with van der Waals surface area (Å²) in [4.78, 5) is 7.30. The average Bonchev–Trinajstić information content (AvgIpc) is 2.14. The van der Waals surface area contributed by atoms with Gasteiger partial charge in [-0.05, 0) is 0 Å². The topological polar surface area (TPSA) is 48.5 Å². The molecular weight excluding hydrogens is 90.1 g/mol. The number of rotatable bonds is 0. The molecule has 0 fully saturated rings. The summed E-state index contributed by atoms with van der Waals surface area (Å²) in [7, 11) is 0. The summed E-state index contributed by atoms with van der Waals surface area (Å²) in [6, 6.07) is 1.89. The van der Waals surface area contributed by atoms with Crippen molar-refractivity contribution in [1.82, 2.24) is 0 Å². The molecule has 1 heterocycles. The van der Waals surface area contributed by atoms with Crippen LogP contribution in [0.1, 0.15) is 0 Å². The van der Waals surface area contributed by atoms with E-state index in [1.165, 1.54) is 6.34 Å². The fourth-order valence-electron chi connectivity index (χ4n) is 0.343. The van der Waals surface area contributed by atoms with E-state index in [0.717, 1.165) is 0 Å². The van der Waals surface area contributed by atoms with Gasteiger partial charge in [-0.15, -0.1) is 0 Å². The minimum Gasteiger partial charge on any atom is -0.266 e. The van der Waals surface area contributed by atoms with Crippen LogP contribution in [-0.4, -0.2) is 18.6 Å². The van der Waals surface area contributed by atoms with Gasteiger partial charge in [0.2, 0.25) is 0 Å². The molecule has 0 aromatic carbocycles. The van der Waals surface area contributed by atoms with Crippen molar-refractivity contribution < 1.29 is 0 Å². The van der Waals surface area contributed by atoms with Gasteiger partial charge >= 0.3 is 0 Å². The standard InChI is InChI=1S/C4H3N3/c5-1-4-2-6-3-7-4/h3H,2H2. The van der Waals surface area contributed by atoms with Crippen molar-refractivity contribution in [2.75, 3.05) is 6.54 Å². The summed E-state index contributed by atoms with van der Waals surface area (Å²) in [5.41, 5.74) is 0.500. The van der Waals surface area contributed by atoms with Crippen LogP contribution in [0.25, 0.3) is 0 Å². The van der Waals surface area contributed by atoms with Crippen LogP contribution in [0.3, 0.4) is 0 Å². The van der Waals surface area contributed by atoms with Crippen molar-refractivity contribution >= 4 is 12.1 Å². The van der Waals surface area contributed by atoms with Crippen molar-refractivity contribution in [3.63, 3.8) is 0 Å². The quantitative estimate of drug-likeness (QED) is 0.415. The molecule has 0 aliphatic carbocycles. The molecule has 0 amide bonds. The van der Waals surface area contributed by atoms with E-state index in [0.29, 0.717) is 12.3 Å². The fourth-order valence-corrected chi connectivity index (χ4v) is 0.343. The highest BCUT2D eigenvalue weighted by molar-refractivity contribution is 6.06. The van der Waals surface area contributed by atoms with Crippen molar-refractivity contribution in [2.24, 2.45) is 9.98 Å². The normalized spacial score (nSPS) is 16.1. The summed E-state index contributed by atoms with van der Waals surface area (Å²) >= 11 is 0. The van der Waals surface area contributed by atoms with Crippen LogP contribution in [0.2, 0.25) is 0 Å². The van der Waals surface area contributed by atoms with E-state index in [4.69, 9.17) is 5.26 Å². The number of hydrogen-bond donors (Lipinski definition) is 0. The second-order valence-electron chi connectivity index (χ2n) is 1.14. The molecule has 0 radical (unpaired) electrons. The maximum atomic E-state index is 8.11. The van der Waals surface area contributed by atoms with Gasteiger partial charge in [0, 0.05) is 0 Å². The number of hydrogen-bond acceptors (Lipinski definition) is 3. The summed E-state index contributed by atoms with van der Waals surface area (Å²) in [6.07, 6.45) is 1.40. The van der Waals surface area contributed by atoms with E-state index in [1.54, 1.807) is 0 Å². The Bertz CT molecular complexity index is 160. The Morgan fingerprint density at radius 1 is 1.86 bits per heavy atom. The number of nitriles is 1. The summed E-state index contributed by atoms with van der Waals surface area (Å²) in [5, 5.41) is 8.11. The van der Waals surface area contributed by atoms with Gasteiger partial charge in [-0.1, -0.05) is 0 Å². The predicted molar refractivity (Wildman–Crippen MR) is 26.4 cm³/mol. The highest BCUT2D eigenvalue weighted by atomic mass is 14.9. The third kappa shape index (κ3) is 0.631. The minimum absolute atomic E-state index is 0.469. The molecule has 0 saturated heterocycles. The van der Waals surface area contributed by atoms with Gasteiger partial charge in [0.25, 0.3) is 0 Å². The third-order valence-corrected chi connectivity index (χ3v) is 0.665. The molecule has 34 valence electrons. The first-order valence-electron chi connectivity index (χ1n) is 1.88. The van der Waals surface area contributed by atoms with Crippen LogP contribution in [0.5, 0.6) is 0 Å². The molecule has 0 atom stereocenters. The zero-order valence-corrected chi connectivity index (χ0v) is 3.63. The maximum Gasteiger partial charge on any atom is 0.140 e. The minimum atomic E-state index is 0.469. The predicted octanol–water partition coefficient (Wildman–Crippen LogP) is -0.00712. The molecule has 0 aromatic rings. The second kappa shape index (κ2) is 1.52. The highest BCUT2D eigenvalue weighted by Crippen LogP contribution is 1.83. The van der Waals surface area contributed by atoms with E-state index >= 15 is 0 Å². The molecule has 0 aromatic heterocycles. The Balaban J connectivity index is 2.67. The van der Waals surface area contributed by atoms with Crippen molar-refractivity contribution in [3.8, 4) is 6.07 Å². The zero-order chi connectivity index (χ0) is 5.11. The summed E-state index contributed by atoms with van der Waals surface area (Å²) < 4.78 is 0. The SMILES string of the molecule is N#CC1=NC=NC1. The Morgan fingerprint density at radius 2 is 2.71 bits per heavy atom. The van der Waals surface area contributed by atoms with Crippen LogP contribution < -0.4 is 0 Å². The van der Waals surface area contributed by atoms with Gasteiger partial charge in [-0.3, -0.25) is 4.99 Å². The lowest BCUT2D eigenvalue weighted by atomic mass is 10.4. The van der Waals surface area contributed by atoms with Crippen molar-refractivity contribution in [2.45, 2.75) is 0 Å². The van der Waals surface area contributed by atoms with E-state index in [-0.39, 0.29) is 0 Å². The second-order valence-corrected chi connectivity index (χ2v) is 1.14. The zero-order valence-electron chi connectivity index (χ0n) is 3.63. The number of aliphatic imine (C=N–C) groups is 2. The number of nitrogens with zero attached hydrogens (tertiary/aromatic N) is 3. The molecule has 0 N–H and O–H groups in total. The van der Waals surface area contributed by atoms with E-state index in [9.17, 15) is 0 Å². The van der Waals surface area contributed by atoms with Gasteiger partial charge in [0.05, 0.1) is 6.54 Å². The molecule has 7 heavy (non-hydrogen) atoms. The lowest BCUT2D eigenvalue weighted by Gasteiger charge is -1.71. The smallest absolute Gasteiger partial charge is 0.140 e. The Morgan fingerprint density at radius 3 is 3.00 bits per heavy atom. The van der Waals surface area contributed by atoms with Crippen LogP contribution >= 0.6 is 0 Å². The molecule has 0 unspecified atom stereocenters. The van der Waals surface area contributed by atoms with Crippen molar-refractivity contribution in [1.29, 1.82) is 5.26 Å². The average molecular weight is 93.1 g/mol. The third-order valence-electron chi connectivity index (χ3n) is 0.665. The van der Waals surface area contributed by atoms with Gasteiger partial charge in [0.15, 0.2) is 0 Å². The first-order chi connectivity index (χ1) is 3.43. The van der Waals surface area contributed by atoms with Crippen molar-refractivity contribution in [3.05, 3.63) is 0 Å². The van der Waals surface area contributed by atoms with Gasteiger partial charge in [-0.25, -0.2) is 4.99 Å². The fraction of sp³-hybridized carbons (Fsp3) is 0.250. The molecular formula is C4H3N3. The van der Waals surface area contributed by atoms with Crippen LogP contribution in [-0.2, 0) is 0 Å². The van der Waals surface area contributed by atoms with Crippen LogP contribution in [0.4, 0.5) is 0 Å². The van der Waals surface area contributed by atoms with Crippen LogP contribution in [0.15, 0.2) is 9.98 Å².